The highest BCUT2D eigenvalue weighted by atomic mass is 16.4. The molecule has 1 aliphatic heterocycles. The standard InChI is InChI=1S/C36H50N6O2/c1-26-14-17-32-30(11-9-19-37-32)16-15-29(26)10-7-8-20-41(22-23-42-28(3)24-27(2)39-42)21-18-33(36(43)44)38-34-25-40(4)35-13-6-5-12-31(34)35/h5-6,12-13,15-16,24-25,33,37-38H,7-11,14,17-23H2,1-4H3,(H,43,44)/b16-15-,29-26+/t33-/m0/s1. The highest BCUT2D eigenvalue weighted by Crippen LogP contribution is 2.28. The average Bonchev–Trinajstić information content (AvgIpc) is 3.51. The van der Waals surface area contributed by atoms with E-state index in [2.05, 4.69) is 63.4 Å². The van der Waals surface area contributed by atoms with Crippen molar-refractivity contribution in [2.45, 2.75) is 84.7 Å². The minimum absolute atomic E-state index is 0.522. The van der Waals surface area contributed by atoms with E-state index >= 15 is 0 Å². The number of fused-ring (bicyclic) bond motifs is 1. The molecule has 44 heavy (non-hydrogen) atoms. The summed E-state index contributed by atoms with van der Waals surface area (Å²) in [5.74, 6) is -0.818. The van der Waals surface area contributed by atoms with E-state index in [1.165, 1.54) is 35.3 Å². The summed E-state index contributed by atoms with van der Waals surface area (Å²) in [6.45, 7) is 10.8. The number of hydrogen-bond acceptors (Lipinski definition) is 5. The fourth-order valence-electron chi connectivity index (χ4n) is 6.67. The summed E-state index contributed by atoms with van der Waals surface area (Å²) in [7, 11) is 2.00. The predicted octanol–water partition coefficient (Wildman–Crippen LogP) is 6.72. The van der Waals surface area contributed by atoms with Gasteiger partial charge in [0.25, 0.3) is 0 Å². The number of carboxylic acid groups (broad SMARTS) is 1. The Morgan fingerprint density at radius 1 is 1.09 bits per heavy atom. The van der Waals surface area contributed by atoms with Gasteiger partial charge in [0.2, 0.25) is 0 Å². The summed E-state index contributed by atoms with van der Waals surface area (Å²) >= 11 is 0. The van der Waals surface area contributed by atoms with E-state index in [4.69, 9.17) is 0 Å². The monoisotopic (exact) mass is 598 g/mol. The van der Waals surface area contributed by atoms with Crippen molar-refractivity contribution in [2.24, 2.45) is 7.05 Å². The van der Waals surface area contributed by atoms with Gasteiger partial charge >= 0.3 is 5.97 Å². The summed E-state index contributed by atoms with van der Waals surface area (Å²) in [6, 6.07) is 9.55. The second kappa shape index (κ2) is 14.8. The molecule has 1 aromatic carbocycles. The van der Waals surface area contributed by atoms with Crippen LogP contribution in [0, 0.1) is 13.8 Å². The topological polar surface area (TPSA) is 87.3 Å². The normalized spacial score (nSPS) is 18.6. The molecule has 2 aliphatic rings. The first kappa shape index (κ1) is 31.6. The first-order chi connectivity index (χ1) is 21.3. The molecule has 0 saturated heterocycles. The third-order valence-electron chi connectivity index (χ3n) is 9.29. The maximum atomic E-state index is 12.4. The van der Waals surface area contributed by atoms with Crippen molar-refractivity contribution in [3.63, 3.8) is 0 Å². The molecule has 0 spiro atoms. The number of unbranched alkanes of at least 4 members (excludes halogenated alkanes) is 1. The molecule has 1 aliphatic carbocycles. The van der Waals surface area contributed by atoms with Crippen molar-refractivity contribution < 1.29 is 9.90 Å². The first-order valence-corrected chi connectivity index (χ1v) is 16.4. The van der Waals surface area contributed by atoms with Crippen LogP contribution < -0.4 is 10.6 Å². The zero-order valence-electron chi connectivity index (χ0n) is 27.0. The average molecular weight is 599 g/mol. The summed E-state index contributed by atoms with van der Waals surface area (Å²) in [5.41, 5.74) is 10.1. The molecule has 0 bridgehead atoms. The van der Waals surface area contributed by atoms with Crippen LogP contribution in [0.2, 0.25) is 0 Å². The van der Waals surface area contributed by atoms with Gasteiger partial charge in [-0.3, -0.25) is 4.68 Å². The molecule has 236 valence electrons. The van der Waals surface area contributed by atoms with E-state index < -0.39 is 12.0 Å². The molecular formula is C36H50N6O2. The molecule has 0 radical (unpaired) electrons. The second-order valence-electron chi connectivity index (χ2n) is 12.6. The van der Waals surface area contributed by atoms with Gasteiger partial charge in [0, 0.05) is 55.2 Å². The summed E-state index contributed by atoms with van der Waals surface area (Å²) in [4.78, 5) is 14.8. The van der Waals surface area contributed by atoms with Crippen LogP contribution in [0.4, 0.5) is 5.69 Å². The van der Waals surface area contributed by atoms with Crippen LogP contribution in [0.3, 0.4) is 0 Å². The Morgan fingerprint density at radius 2 is 1.93 bits per heavy atom. The molecule has 3 aromatic rings. The van der Waals surface area contributed by atoms with Crippen molar-refractivity contribution in [2.75, 3.05) is 31.5 Å². The van der Waals surface area contributed by atoms with E-state index in [1.807, 2.05) is 42.9 Å². The van der Waals surface area contributed by atoms with Crippen molar-refractivity contribution in [1.29, 1.82) is 0 Å². The van der Waals surface area contributed by atoms with E-state index in [-0.39, 0.29) is 0 Å². The largest absolute Gasteiger partial charge is 0.480 e. The molecule has 8 heteroatoms. The van der Waals surface area contributed by atoms with E-state index in [0.717, 1.165) is 86.3 Å². The maximum Gasteiger partial charge on any atom is 0.326 e. The number of para-hydroxylation sites is 1. The molecule has 0 unspecified atom stereocenters. The summed E-state index contributed by atoms with van der Waals surface area (Å²) in [6.07, 6.45) is 15.2. The number of aryl methyl sites for hydroxylation is 3. The van der Waals surface area contributed by atoms with Gasteiger partial charge in [0.05, 0.1) is 17.9 Å². The lowest BCUT2D eigenvalue weighted by atomic mass is 9.91. The summed E-state index contributed by atoms with van der Waals surface area (Å²) < 4.78 is 4.11. The number of rotatable bonds is 14. The minimum Gasteiger partial charge on any atom is -0.480 e. The fraction of sp³-hybridized carbons (Fsp3) is 0.500. The zero-order chi connectivity index (χ0) is 31.1. The lowest BCUT2D eigenvalue weighted by Gasteiger charge is -2.25. The molecule has 0 fully saturated rings. The van der Waals surface area contributed by atoms with Gasteiger partial charge in [-0.05, 0) is 102 Å². The number of carbonyl (C=O) groups is 1. The van der Waals surface area contributed by atoms with Gasteiger partial charge in [0.15, 0.2) is 0 Å². The molecule has 0 saturated carbocycles. The molecule has 5 rings (SSSR count). The van der Waals surface area contributed by atoms with Gasteiger partial charge in [-0.25, -0.2) is 4.79 Å². The smallest absolute Gasteiger partial charge is 0.326 e. The van der Waals surface area contributed by atoms with Gasteiger partial charge in [-0.15, -0.1) is 0 Å². The predicted molar refractivity (Wildman–Crippen MR) is 180 cm³/mol. The Morgan fingerprint density at radius 3 is 2.73 bits per heavy atom. The molecule has 8 nitrogen and oxygen atoms in total. The number of nitrogens with one attached hydrogen (secondary N) is 2. The van der Waals surface area contributed by atoms with Gasteiger partial charge in [0.1, 0.15) is 6.04 Å². The number of carboxylic acids is 1. The molecule has 3 N–H and O–H groups in total. The number of hydrogen-bond donors (Lipinski definition) is 3. The van der Waals surface area contributed by atoms with Crippen LogP contribution in [0.15, 0.2) is 71.1 Å². The number of allylic oxidation sites excluding steroid dienone is 6. The van der Waals surface area contributed by atoms with Gasteiger partial charge in [-0.1, -0.05) is 35.9 Å². The minimum atomic E-state index is -0.818. The Labute approximate surface area is 262 Å². The second-order valence-corrected chi connectivity index (χ2v) is 12.6. The van der Waals surface area contributed by atoms with E-state index in [0.29, 0.717) is 13.0 Å². The van der Waals surface area contributed by atoms with Crippen molar-refractivity contribution in [3.05, 3.63) is 82.5 Å². The number of nitrogens with zero attached hydrogens (tertiary/aromatic N) is 4. The van der Waals surface area contributed by atoms with Crippen LogP contribution in [0.5, 0.6) is 0 Å². The highest BCUT2D eigenvalue weighted by molar-refractivity contribution is 5.94. The van der Waals surface area contributed by atoms with Crippen LogP contribution in [0.25, 0.3) is 10.9 Å². The number of aromatic nitrogens is 3. The molecule has 3 heterocycles. The quantitative estimate of drug-likeness (QED) is 0.179. The van der Waals surface area contributed by atoms with Crippen LogP contribution >= 0.6 is 0 Å². The Kier molecular flexibility index (Phi) is 10.6. The number of aliphatic carboxylic acids is 1. The van der Waals surface area contributed by atoms with E-state index in [9.17, 15) is 9.90 Å². The maximum absolute atomic E-state index is 12.4. The Balaban J connectivity index is 1.20. The van der Waals surface area contributed by atoms with Crippen molar-refractivity contribution in [1.82, 2.24) is 24.6 Å². The van der Waals surface area contributed by atoms with Gasteiger partial charge in [-0.2, -0.15) is 5.10 Å². The van der Waals surface area contributed by atoms with Gasteiger partial charge < -0.3 is 25.2 Å². The number of anilines is 1. The first-order valence-electron chi connectivity index (χ1n) is 16.4. The van der Waals surface area contributed by atoms with Crippen LogP contribution in [0.1, 0.15) is 69.7 Å². The Hall–Kier alpha value is -3.78. The molecule has 0 amide bonds. The zero-order valence-corrected chi connectivity index (χ0v) is 27.0. The summed E-state index contributed by atoms with van der Waals surface area (Å²) in [5, 5.41) is 22.8. The number of benzene rings is 1. The van der Waals surface area contributed by atoms with Crippen molar-refractivity contribution >= 4 is 22.6 Å². The third kappa shape index (κ3) is 8.03. The lowest BCUT2D eigenvalue weighted by Crippen LogP contribution is -2.36. The molecular weight excluding hydrogens is 548 g/mol. The molecule has 2 aromatic heterocycles. The lowest BCUT2D eigenvalue weighted by molar-refractivity contribution is -0.138. The van der Waals surface area contributed by atoms with Crippen LogP contribution in [-0.2, 0) is 18.4 Å². The Bertz CT molecular complexity index is 1540. The fourth-order valence-corrected chi connectivity index (χ4v) is 6.67. The molecule has 1 atom stereocenters. The van der Waals surface area contributed by atoms with Crippen molar-refractivity contribution in [3.8, 4) is 0 Å². The highest BCUT2D eigenvalue weighted by Gasteiger charge is 2.21. The third-order valence-corrected chi connectivity index (χ3v) is 9.29. The van der Waals surface area contributed by atoms with E-state index in [1.54, 1.807) is 0 Å². The SMILES string of the molecule is C/C1=C(CCCCN(CC[C@H](Nc2cn(C)c3ccccc23)C(=O)O)CCn2nc(C)cc2C)\C=C/C2=C(CC1)NCCC2. The van der Waals surface area contributed by atoms with Crippen LogP contribution in [-0.4, -0.2) is 62.5 Å².